The standard InChI is InChI=1S/C13H17N3S/c1-9-6-12(7-10(2)11(9)3)16(4)13(17-5)15-8-14/h6-7H,1-5H3/b15-13-. The van der Waals surface area contributed by atoms with Gasteiger partial charge < -0.3 is 4.90 Å². The third kappa shape index (κ3) is 3.01. The Hall–Kier alpha value is -1.47. The molecule has 3 nitrogen and oxygen atoms in total. The second kappa shape index (κ2) is 5.74. The molecule has 0 heterocycles. The molecule has 0 N–H and O–H groups in total. The molecular formula is C13H17N3S. The molecule has 90 valence electrons. The number of hydrogen-bond acceptors (Lipinski definition) is 3. The summed E-state index contributed by atoms with van der Waals surface area (Å²) in [7, 11) is 1.93. The second-order valence-electron chi connectivity index (χ2n) is 3.96. The Kier molecular flexibility index (Phi) is 4.59. The van der Waals surface area contributed by atoms with Crippen molar-refractivity contribution in [3.05, 3.63) is 28.8 Å². The van der Waals surface area contributed by atoms with Crippen molar-refractivity contribution in [3.8, 4) is 6.19 Å². The smallest absolute Gasteiger partial charge is 0.208 e. The number of nitriles is 1. The van der Waals surface area contributed by atoms with Crippen LogP contribution in [0.25, 0.3) is 0 Å². The number of thioether (sulfide) groups is 1. The summed E-state index contributed by atoms with van der Waals surface area (Å²) in [5, 5.41) is 9.34. The molecule has 0 saturated heterocycles. The Morgan fingerprint density at radius 3 is 2.24 bits per heavy atom. The zero-order valence-corrected chi connectivity index (χ0v) is 11.7. The second-order valence-corrected chi connectivity index (χ2v) is 4.74. The van der Waals surface area contributed by atoms with E-state index in [9.17, 15) is 0 Å². The van der Waals surface area contributed by atoms with E-state index < -0.39 is 0 Å². The van der Waals surface area contributed by atoms with Gasteiger partial charge in [-0.1, -0.05) is 11.8 Å². The van der Waals surface area contributed by atoms with E-state index >= 15 is 0 Å². The van der Waals surface area contributed by atoms with Gasteiger partial charge in [0, 0.05) is 12.7 Å². The van der Waals surface area contributed by atoms with Crippen molar-refractivity contribution in [1.82, 2.24) is 0 Å². The molecule has 0 amide bonds. The summed E-state index contributed by atoms with van der Waals surface area (Å²) in [6, 6.07) is 4.23. The number of rotatable bonds is 1. The first-order valence-corrected chi connectivity index (χ1v) is 6.56. The lowest BCUT2D eigenvalue weighted by atomic mass is 10.0. The molecule has 1 aromatic rings. The molecule has 0 saturated carbocycles. The highest BCUT2D eigenvalue weighted by Crippen LogP contribution is 2.23. The van der Waals surface area contributed by atoms with Crippen LogP contribution in [0, 0.1) is 32.2 Å². The van der Waals surface area contributed by atoms with Gasteiger partial charge in [0.2, 0.25) is 6.19 Å². The maximum absolute atomic E-state index is 8.64. The van der Waals surface area contributed by atoms with E-state index in [4.69, 9.17) is 5.26 Å². The van der Waals surface area contributed by atoms with Crippen LogP contribution in [0.5, 0.6) is 0 Å². The van der Waals surface area contributed by atoms with Crippen molar-refractivity contribution in [1.29, 1.82) is 5.26 Å². The Morgan fingerprint density at radius 2 is 1.82 bits per heavy atom. The van der Waals surface area contributed by atoms with Crippen LogP contribution in [0.4, 0.5) is 5.69 Å². The molecule has 0 atom stereocenters. The number of hydrogen-bond donors (Lipinski definition) is 0. The van der Waals surface area contributed by atoms with Gasteiger partial charge in [-0.05, 0) is 55.9 Å². The minimum atomic E-state index is 0.704. The molecule has 0 aromatic heterocycles. The molecule has 0 radical (unpaired) electrons. The lowest BCUT2D eigenvalue weighted by molar-refractivity contribution is 1.21. The van der Waals surface area contributed by atoms with Gasteiger partial charge in [0.05, 0.1) is 0 Å². The summed E-state index contributed by atoms with van der Waals surface area (Å²) >= 11 is 1.47. The predicted molar refractivity (Wildman–Crippen MR) is 75.6 cm³/mol. The van der Waals surface area contributed by atoms with Crippen LogP contribution >= 0.6 is 11.8 Å². The van der Waals surface area contributed by atoms with Gasteiger partial charge in [0.15, 0.2) is 5.17 Å². The van der Waals surface area contributed by atoms with Crippen molar-refractivity contribution >= 4 is 22.6 Å². The van der Waals surface area contributed by atoms with Crippen LogP contribution in [0.15, 0.2) is 17.1 Å². The average molecular weight is 247 g/mol. The normalized spacial score (nSPS) is 11.2. The Morgan fingerprint density at radius 1 is 1.29 bits per heavy atom. The highest BCUT2D eigenvalue weighted by molar-refractivity contribution is 8.13. The molecule has 0 aliphatic carbocycles. The Balaban J connectivity index is 3.18. The number of aliphatic imine (C=N–C) groups is 1. The SMILES string of the molecule is CS/C(=N\C#N)N(C)c1cc(C)c(C)c(C)c1. The first-order chi connectivity index (χ1) is 8.01. The molecule has 0 bridgehead atoms. The molecule has 1 aromatic carbocycles. The van der Waals surface area contributed by atoms with Crippen molar-refractivity contribution in [3.63, 3.8) is 0 Å². The van der Waals surface area contributed by atoms with Gasteiger partial charge in [0.1, 0.15) is 0 Å². The monoisotopic (exact) mass is 247 g/mol. The van der Waals surface area contributed by atoms with Crippen molar-refractivity contribution < 1.29 is 0 Å². The van der Waals surface area contributed by atoms with E-state index in [-0.39, 0.29) is 0 Å². The van der Waals surface area contributed by atoms with Crippen LogP contribution in [0.2, 0.25) is 0 Å². The maximum Gasteiger partial charge on any atom is 0.208 e. The van der Waals surface area contributed by atoms with Crippen molar-refractivity contribution in [2.45, 2.75) is 20.8 Å². The first kappa shape index (κ1) is 13.6. The number of anilines is 1. The molecule has 0 spiro atoms. The van der Waals surface area contributed by atoms with Crippen LogP contribution in [-0.4, -0.2) is 18.5 Å². The van der Waals surface area contributed by atoms with E-state index in [0.717, 1.165) is 5.69 Å². The fraction of sp³-hybridized carbons (Fsp3) is 0.385. The van der Waals surface area contributed by atoms with Crippen molar-refractivity contribution in [2.24, 2.45) is 4.99 Å². The van der Waals surface area contributed by atoms with E-state index in [2.05, 4.69) is 37.9 Å². The number of amidine groups is 1. The molecular weight excluding hydrogens is 230 g/mol. The molecule has 17 heavy (non-hydrogen) atoms. The molecule has 0 aliphatic rings. The number of aryl methyl sites for hydroxylation is 2. The van der Waals surface area contributed by atoms with Gasteiger partial charge >= 0.3 is 0 Å². The summed E-state index contributed by atoms with van der Waals surface area (Å²) in [5.74, 6) is 0. The Labute approximate surface area is 107 Å². The predicted octanol–water partition coefficient (Wildman–Crippen LogP) is 3.25. The first-order valence-electron chi connectivity index (χ1n) is 5.33. The zero-order valence-electron chi connectivity index (χ0n) is 10.9. The molecule has 1 rings (SSSR count). The van der Waals surface area contributed by atoms with E-state index in [0.29, 0.717) is 5.17 Å². The van der Waals surface area contributed by atoms with E-state index in [1.807, 2.05) is 24.4 Å². The van der Waals surface area contributed by atoms with Crippen LogP contribution in [-0.2, 0) is 0 Å². The van der Waals surface area contributed by atoms with Crippen LogP contribution in [0.3, 0.4) is 0 Å². The highest BCUT2D eigenvalue weighted by atomic mass is 32.2. The summed E-state index contributed by atoms with van der Waals surface area (Å²) < 4.78 is 0. The van der Waals surface area contributed by atoms with Crippen molar-refractivity contribution in [2.75, 3.05) is 18.2 Å². The number of benzene rings is 1. The molecule has 0 unspecified atom stereocenters. The van der Waals surface area contributed by atoms with Gasteiger partial charge in [-0.25, -0.2) is 0 Å². The highest BCUT2D eigenvalue weighted by Gasteiger charge is 2.10. The van der Waals surface area contributed by atoms with Gasteiger partial charge in [0.25, 0.3) is 0 Å². The average Bonchev–Trinajstić information content (AvgIpc) is 2.31. The summed E-state index contributed by atoms with van der Waals surface area (Å²) in [5.41, 5.74) is 4.88. The minimum absolute atomic E-state index is 0.704. The minimum Gasteiger partial charge on any atom is -0.323 e. The maximum atomic E-state index is 8.64. The third-order valence-electron chi connectivity index (χ3n) is 2.91. The zero-order chi connectivity index (χ0) is 13.0. The van der Waals surface area contributed by atoms with Crippen LogP contribution in [0.1, 0.15) is 16.7 Å². The lowest BCUT2D eigenvalue weighted by Gasteiger charge is -2.21. The van der Waals surface area contributed by atoms with E-state index in [1.165, 1.54) is 28.5 Å². The fourth-order valence-corrected chi connectivity index (χ4v) is 2.13. The van der Waals surface area contributed by atoms with E-state index in [1.54, 1.807) is 0 Å². The summed E-state index contributed by atoms with van der Waals surface area (Å²) in [6.07, 6.45) is 3.75. The largest absolute Gasteiger partial charge is 0.323 e. The summed E-state index contributed by atoms with van der Waals surface area (Å²) in [6.45, 7) is 6.31. The molecule has 4 heteroatoms. The lowest BCUT2D eigenvalue weighted by Crippen LogP contribution is -2.23. The summed E-state index contributed by atoms with van der Waals surface area (Å²) in [4.78, 5) is 5.75. The topological polar surface area (TPSA) is 39.4 Å². The Bertz CT molecular complexity index is 463. The van der Waals surface area contributed by atoms with Gasteiger partial charge in [-0.15, -0.1) is 4.99 Å². The van der Waals surface area contributed by atoms with Gasteiger partial charge in [-0.2, -0.15) is 5.26 Å². The fourth-order valence-electron chi connectivity index (χ4n) is 1.62. The quantitative estimate of drug-likeness (QED) is 0.434. The molecule has 0 fully saturated rings. The van der Waals surface area contributed by atoms with Gasteiger partial charge in [-0.3, -0.25) is 0 Å². The third-order valence-corrected chi connectivity index (χ3v) is 3.64. The van der Waals surface area contributed by atoms with Crippen LogP contribution < -0.4 is 4.90 Å². The number of nitrogens with zero attached hydrogens (tertiary/aromatic N) is 3. The molecule has 0 aliphatic heterocycles.